The minimum atomic E-state index is -4.38. The first kappa shape index (κ1) is 45.0. The van der Waals surface area contributed by atoms with Crippen LogP contribution in [-0.4, -0.2) is 49.3 Å². The van der Waals surface area contributed by atoms with Gasteiger partial charge in [0.25, 0.3) is 0 Å². The Morgan fingerprint density at radius 2 is 1.17 bits per heavy atom. The lowest BCUT2D eigenvalue weighted by molar-refractivity contribution is -0.161. The molecule has 0 radical (unpaired) electrons. The molecule has 10 heteroatoms. The average molecular weight is 684 g/mol. The second kappa shape index (κ2) is 33.9. The SMILES string of the molecule is CC/C=C\C/C=C\C/C=C\C/C=C\CCCCC(=O)OC(COC(=O)CCCCCCCCCCCCC)COP(=O)(O)OCCN. The van der Waals surface area contributed by atoms with E-state index in [1.807, 2.05) is 0 Å². The maximum atomic E-state index is 12.5. The largest absolute Gasteiger partial charge is 0.472 e. The molecule has 0 aliphatic heterocycles. The van der Waals surface area contributed by atoms with Gasteiger partial charge in [0.1, 0.15) is 6.61 Å². The van der Waals surface area contributed by atoms with E-state index >= 15 is 0 Å². The Balaban J connectivity index is 4.34. The Bertz CT molecular complexity index is 918. The maximum Gasteiger partial charge on any atom is 0.472 e. The highest BCUT2D eigenvalue weighted by molar-refractivity contribution is 7.47. The van der Waals surface area contributed by atoms with Gasteiger partial charge in [-0.15, -0.1) is 0 Å². The van der Waals surface area contributed by atoms with Crippen LogP contribution in [0.25, 0.3) is 0 Å². The highest BCUT2D eigenvalue weighted by Gasteiger charge is 2.25. The van der Waals surface area contributed by atoms with Crippen molar-refractivity contribution in [3.63, 3.8) is 0 Å². The molecule has 0 heterocycles. The maximum absolute atomic E-state index is 12.5. The van der Waals surface area contributed by atoms with E-state index in [2.05, 4.69) is 62.5 Å². The Labute approximate surface area is 286 Å². The predicted octanol–water partition coefficient (Wildman–Crippen LogP) is 9.60. The third-order valence-corrected chi connectivity index (χ3v) is 8.21. The quantitative estimate of drug-likeness (QED) is 0.0300. The minimum Gasteiger partial charge on any atom is -0.462 e. The topological polar surface area (TPSA) is 134 Å². The summed E-state index contributed by atoms with van der Waals surface area (Å²) in [6.07, 6.45) is 35.8. The van der Waals surface area contributed by atoms with Gasteiger partial charge in [-0.1, -0.05) is 127 Å². The molecule has 0 aliphatic carbocycles. The molecule has 0 aromatic carbocycles. The van der Waals surface area contributed by atoms with Crippen molar-refractivity contribution in [2.24, 2.45) is 5.73 Å². The van der Waals surface area contributed by atoms with E-state index in [-0.39, 0.29) is 32.6 Å². The molecule has 2 unspecified atom stereocenters. The van der Waals surface area contributed by atoms with E-state index in [0.717, 1.165) is 57.8 Å². The third kappa shape index (κ3) is 33.7. The molecular weight excluding hydrogens is 617 g/mol. The number of ether oxygens (including phenoxy) is 2. The molecule has 0 bridgehead atoms. The highest BCUT2D eigenvalue weighted by Crippen LogP contribution is 2.43. The highest BCUT2D eigenvalue weighted by atomic mass is 31.2. The monoisotopic (exact) mass is 683 g/mol. The fraction of sp³-hybridized carbons (Fsp3) is 0.730. The summed E-state index contributed by atoms with van der Waals surface area (Å²) in [5.74, 6) is -0.882. The summed E-state index contributed by atoms with van der Waals surface area (Å²) in [5.41, 5.74) is 5.32. The molecule has 272 valence electrons. The standard InChI is InChI=1S/C37H66NO8P/c1-3-5-7-9-11-13-15-16-17-18-20-22-24-26-28-30-37(40)46-35(34-45-47(41,42)44-32-31-38)33-43-36(39)29-27-25-23-21-19-14-12-10-8-6-4-2/h5,7,11,13,16-17,20,22,35H,3-4,6,8-10,12,14-15,18-19,21,23-34,38H2,1-2H3,(H,41,42)/b7-5-,13-11-,17-16-,22-20-. The van der Waals surface area contributed by atoms with Crippen LogP contribution in [0.3, 0.4) is 0 Å². The number of phosphoric acid groups is 1. The molecule has 9 nitrogen and oxygen atoms in total. The average Bonchev–Trinajstić information content (AvgIpc) is 3.05. The van der Waals surface area contributed by atoms with Gasteiger partial charge in [0.15, 0.2) is 6.10 Å². The first-order valence-electron chi connectivity index (χ1n) is 18.1. The van der Waals surface area contributed by atoms with E-state index in [4.69, 9.17) is 24.3 Å². The van der Waals surface area contributed by atoms with Crippen LogP contribution >= 0.6 is 7.82 Å². The Hall–Kier alpha value is -2.03. The Morgan fingerprint density at radius 1 is 0.660 bits per heavy atom. The van der Waals surface area contributed by atoms with Crippen LogP contribution in [0.15, 0.2) is 48.6 Å². The van der Waals surface area contributed by atoms with Crippen molar-refractivity contribution >= 4 is 19.8 Å². The number of hydrogen-bond donors (Lipinski definition) is 2. The summed E-state index contributed by atoms with van der Waals surface area (Å²) >= 11 is 0. The fourth-order valence-corrected chi connectivity index (χ4v) is 5.33. The van der Waals surface area contributed by atoms with Crippen molar-refractivity contribution in [3.8, 4) is 0 Å². The molecule has 0 aromatic heterocycles. The van der Waals surface area contributed by atoms with Crippen molar-refractivity contribution in [3.05, 3.63) is 48.6 Å². The molecule has 0 spiro atoms. The molecule has 0 rings (SSSR count). The number of esters is 2. The second-order valence-corrected chi connectivity index (χ2v) is 13.2. The van der Waals surface area contributed by atoms with Gasteiger partial charge in [-0.25, -0.2) is 4.57 Å². The summed E-state index contributed by atoms with van der Waals surface area (Å²) in [5, 5.41) is 0. The van der Waals surface area contributed by atoms with Crippen LogP contribution in [0.5, 0.6) is 0 Å². The lowest BCUT2D eigenvalue weighted by Gasteiger charge is -2.19. The van der Waals surface area contributed by atoms with Crippen LogP contribution in [0.1, 0.15) is 142 Å². The van der Waals surface area contributed by atoms with Crippen molar-refractivity contribution in [2.45, 2.75) is 148 Å². The molecule has 2 atom stereocenters. The van der Waals surface area contributed by atoms with Crippen molar-refractivity contribution in [1.82, 2.24) is 0 Å². The zero-order chi connectivity index (χ0) is 34.7. The Morgan fingerprint density at radius 3 is 1.74 bits per heavy atom. The number of rotatable bonds is 33. The van der Waals surface area contributed by atoms with Gasteiger partial charge >= 0.3 is 19.8 Å². The minimum absolute atomic E-state index is 0.0455. The molecule has 47 heavy (non-hydrogen) atoms. The molecular formula is C37H66NO8P. The number of hydrogen-bond acceptors (Lipinski definition) is 8. The smallest absolute Gasteiger partial charge is 0.462 e. The van der Waals surface area contributed by atoms with Gasteiger partial charge in [0.2, 0.25) is 0 Å². The fourth-order valence-electron chi connectivity index (χ4n) is 4.56. The van der Waals surface area contributed by atoms with Gasteiger partial charge in [-0.2, -0.15) is 0 Å². The van der Waals surface area contributed by atoms with Gasteiger partial charge in [-0.3, -0.25) is 18.6 Å². The van der Waals surface area contributed by atoms with Crippen LogP contribution in [0, 0.1) is 0 Å². The summed E-state index contributed by atoms with van der Waals surface area (Å²) < 4.78 is 32.5. The van der Waals surface area contributed by atoms with Gasteiger partial charge in [0, 0.05) is 19.4 Å². The van der Waals surface area contributed by atoms with Crippen LogP contribution in [-0.2, 0) is 32.7 Å². The van der Waals surface area contributed by atoms with Gasteiger partial charge < -0.3 is 20.1 Å². The first-order chi connectivity index (χ1) is 22.8. The first-order valence-corrected chi connectivity index (χ1v) is 19.6. The van der Waals surface area contributed by atoms with Crippen LogP contribution in [0.4, 0.5) is 0 Å². The van der Waals surface area contributed by atoms with E-state index in [0.29, 0.717) is 6.42 Å². The zero-order valence-corrected chi connectivity index (χ0v) is 30.4. The molecule has 3 N–H and O–H groups in total. The van der Waals surface area contributed by atoms with E-state index in [1.54, 1.807) is 0 Å². The zero-order valence-electron chi connectivity index (χ0n) is 29.5. The normalized spacial score (nSPS) is 14.0. The third-order valence-electron chi connectivity index (χ3n) is 7.23. The van der Waals surface area contributed by atoms with Gasteiger partial charge in [0.05, 0.1) is 13.2 Å². The number of carbonyl (C=O) groups excluding carboxylic acids is 2. The van der Waals surface area contributed by atoms with E-state index in [9.17, 15) is 19.0 Å². The van der Waals surface area contributed by atoms with Crippen LogP contribution < -0.4 is 5.73 Å². The number of nitrogens with two attached hydrogens (primary N) is 1. The van der Waals surface area contributed by atoms with E-state index in [1.165, 1.54) is 51.4 Å². The van der Waals surface area contributed by atoms with Crippen molar-refractivity contribution in [1.29, 1.82) is 0 Å². The van der Waals surface area contributed by atoms with E-state index < -0.39 is 32.5 Å². The molecule has 0 aliphatic rings. The predicted molar refractivity (Wildman–Crippen MR) is 192 cm³/mol. The lowest BCUT2D eigenvalue weighted by atomic mass is 10.1. The summed E-state index contributed by atoms with van der Waals surface area (Å²) in [6, 6.07) is 0. The van der Waals surface area contributed by atoms with Crippen molar-refractivity contribution < 1.29 is 37.6 Å². The number of allylic oxidation sites excluding steroid dienone is 8. The summed E-state index contributed by atoms with van der Waals surface area (Å²) in [6.45, 7) is 3.53. The molecule has 0 saturated heterocycles. The molecule has 0 amide bonds. The lowest BCUT2D eigenvalue weighted by Crippen LogP contribution is -2.29. The molecule has 0 aromatic rings. The van der Waals surface area contributed by atoms with Gasteiger partial charge in [-0.05, 0) is 51.4 Å². The summed E-state index contributed by atoms with van der Waals surface area (Å²) in [4.78, 5) is 34.6. The second-order valence-electron chi connectivity index (χ2n) is 11.7. The van der Waals surface area contributed by atoms with Crippen molar-refractivity contribution in [2.75, 3.05) is 26.4 Å². The number of phosphoric ester groups is 1. The van der Waals surface area contributed by atoms with Crippen LogP contribution in [0.2, 0.25) is 0 Å². The Kier molecular flexibility index (Phi) is 32.4. The number of unbranched alkanes of at least 4 members (excludes halogenated alkanes) is 12. The number of carbonyl (C=O) groups is 2. The molecule has 0 saturated carbocycles. The summed E-state index contributed by atoms with van der Waals surface area (Å²) in [7, 11) is -4.38. The molecule has 0 fully saturated rings.